The summed E-state index contributed by atoms with van der Waals surface area (Å²) in [5.41, 5.74) is -3.82. The first-order valence-electron chi connectivity index (χ1n) is 11.7. The van der Waals surface area contributed by atoms with E-state index in [0.717, 1.165) is 37.8 Å². The summed E-state index contributed by atoms with van der Waals surface area (Å²) < 4.78 is 109. The van der Waals surface area contributed by atoms with Crippen LogP contribution in [-0.2, 0) is 0 Å². The van der Waals surface area contributed by atoms with Gasteiger partial charge in [0.15, 0.2) is 6.17 Å². The molecule has 33 heavy (non-hydrogen) atoms. The highest BCUT2D eigenvalue weighted by Crippen LogP contribution is 2.56. The van der Waals surface area contributed by atoms with Crippen LogP contribution in [0.3, 0.4) is 0 Å². The third kappa shape index (κ3) is 10.9. The van der Waals surface area contributed by atoms with Gasteiger partial charge in [-0.05, 0) is 43.5 Å². The number of halogens is 8. The Morgan fingerprint density at radius 1 is 0.848 bits per heavy atom. The molecular weight excluding hydrogens is 471 g/mol. The molecule has 3 atom stereocenters. The standard InChI is InChI=1S/C24H35F8P/c1-3-5-10-18(4-2)14-16-33(21-13-12-19(25)17-20(21)26)24(31,32)22(27)11-8-6-7-9-15-23(28,29)30/h12-13,17-18,22H,3-11,14-16H2,1-2H3. The second-order valence-electron chi connectivity index (χ2n) is 8.58. The molecule has 0 aliphatic carbocycles. The van der Waals surface area contributed by atoms with Gasteiger partial charge in [0, 0.05) is 25.7 Å². The number of hydrogen-bond donors (Lipinski definition) is 0. The lowest BCUT2D eigenvalue weighted by Crippen LogP contribution is -2.34. The Bertz CT molecular complexity index is 677. The van der Waals surface area contributed by atoms with Crippen LogP contribution in [0.2, 0.25) is 0 Å². The highest BCUT2D eigenvalue weighted by molar-refractivity contribution is 7.66. The highest BCUT2D eigenvalue weighted by Gasteiger charge is 2.48. The Balaban J connectivity index is 2.86. The van der Waals surface area contributed by atoms with Gasteiger partial charge in [-0.2, -0.15) is 22.0 Å². The van der Waals surface area contributed by atoms with E-state index in [2.05, 4.69) is 0 Å². The second kappa shape index (κ2) is 14.5. The molecular formula is C24H35F8P. The molecule has 0 amide bonds. The predicted octanol–water partition coefficient (Wildman–Crippen LogP) is 9.51. The molecule has 9 heteroatoms. The van der Waals surface area contributed by atoms with Crippen molar-refractivity contribution in [3.8, 4) is 0 Å². The summed E-state index contributed by atoms with van der Waals surface area (Å²) in [4.78, 5) is 0. The molecule has 1 aromatic carbocycles. The molecule has 0 bridgehead atoms. The molecule has 1 aromatic rings. The Kier molecular flexibility index (Phi) is 13.2. The van der Waals surface area contributed by atoms with Crippen molar-refractivity contribution in [1.82, 2.24) is 0 Å². The van der Waals surface area contributed by atoms with Crippen LogP contribution in [-0.4, -0.2) is 24.2 Å². The highest BCUT2D eigenvalue weighted by atomic mass is 31.1. The molecule has 0 spiro atoms. The first kappa shape index (κ1) is 30.1. The summed E-state index contributed by atoms with van der Waals surface area (Å²) in [6.07, 6.45) is -4.11. The Labute approximate surface area is 193 Å². The molecule has 0 N–H and O–H groups in total. The van der Waals surface area contributed by atoms with E-state index in [9.17, 15) is 26.3 Å². The van der Waals surface area contributed by atoms with Crippen molar-refractivity contribution >= 4 is 13.2 Å². The lowest BCUT2D eigenvalue weighted by atomic mass is 9.97. The predicted molar refractivity (Wildman–Crippen MR) is 119 cm³/mol. The van der Waals surface area contributed by atoms with E-state index in [1.165, 1.54) is 0 Å². The second-order valence-corrected chi connectivity index (χ2v) is 11.0. The summed E-state index contributed by atoms with van der Waals surface area (Å²) in [6, 6.07) is 2.44. The largest absolute Gasteiger partial charge is 0.389 e. The Morgan fingerprint density at radius 3 is 2.09 bits per heavy atom. The number of rotatable bonds is 16. The summed E-state index contributed by atoms with van der Waals surface area (Å²) in [5.74, 6) is -1.82. The minimum atomic E-state index is -4.27. The van der Waals surface area contributed by atoms with Crippen molar-refractivity contribution in [3.05, 3.63) is 29.8 Å². The molecule has 192 valence electrons. The van der Waals surface area contributed by atoms with E-state index in [0.29, 0.717) is 12.5 Å². The monoisotopic (exact) mass is 506 g/mol. The average Bonchev–Trinajstić information content (AvgIpc) is 2.73. The molecule has 1 rings (SSSR count). The average molecular weight is 507 g/mol. The van der Waals surface area contributed by atoms with E-state index in [1.807, 2.05) is 13.8 Å². The van der Waals surface area contributed by atoms with Crippen LogP contribution in [0.15, 0.2) is 18.2 Å². The molecule has 0 saturated heterocycles. The molecule has 0 saturated carbocycles. The van der Waals surface area contributed by atoms with Crippen LogP contribution in [0.5, 0.6) is 0 Å². The summed E-state index contributed by atoms with van der Waals surface area (Å²) in [5, 5.41) is -0.338. The zero-order valence-corrected chi connectivity index (χ0v) is 20.2. The summed E-state index contributed by atoms with van der Waals surface area (Å²) >= 11 is 0. The minimum absolute atomic E-state index is 0.0256. The molecule has 0 aliphatic rings. The molecule has 3 unspecified atom stereocenters. The van der Waals surface area contributed by atoms with Crippen molar-refractivity contribution in [2.24, 2.45) is 5.92 Å². The fourth-order valence-corrected chi connectivity index (χ4v) is 6.36. The third-order valence-electron chi connectivity index (χ3n) is 5.91. The van der Waals surface area contributed by atoms with Crippen LogP contribution >= 0.6 is 7.92 Å². The van der Waals surface area contributed by atoms with Crippen molar-refractivity contribution in [3.63, 3.8) is 0 Å². The van der Waals surface area contributed by atoms with Crippen LogP contribution < -0.4 is 5.30 Å². The fraction of sp³-hybridized carbons (Fsp3) is 0.750. The fourth-order valence-electron chi connectivity index (χ4n) is 3.83. The van der Waals surface area contributed by atoms with Gasteiger partial charge in [0.25, 0.3) is 5.66 Å². The van der Waals surface area contributed by atoms with Crippen molar-refractivity contribution in [2.75, 3.05) is 6.16 Å². The van der Waals surface area contributed by atoms with Gasteiger partial charge in [-0.3, -0.25) is 0 Å². The molecule has 0 fully saturated rings. The van der Waals surface area contributed by atoms with Crippen LogP contribution in [0.25, 0.3) is 0 Å². The van der Waals surface area contributed by atoms with Gasteiger partial charge in [0.05, 0.1) is 0 Å². The molecule has 0 radical (unpaired) electrons. The van der Waals surface area contributed by atoms with Gasteiger partial charge in [-0.25, -0.2) is 13.2 Å². The Morgan fingerprint density at radius 2 is 1.52 bits per heavy atom. The summed E-state index contributed by atoms with van der Waals surface area (Å²) in [6.45, 7) is 3.98. The van der Waals surface area contributed by atoms with E-state index in [1.54, 1.807) is 0 Å². The van der Waals surface area contributed by atoms with E-state index in [-0.39, 0.29) is 43.1 Å². The molecule has 0 nitrogen and oxygen atoms in total. The van der Waals surface area contributed by atoms with Gasteiger partial charge < -0.3 is 0 Å². The summed E-state index contributed by atoms with van der Waals surface area (Å²) in [7, 11) is -2.57. The first-order valence-corrected chi connectivity index (χ1v) is 13.3. The van der Waals surface area contributed by atoms with Crippen LogP contribution in [0.1, 0.15) is 84.5 Å². The molecule has 0 aromatic heterocycles. The number of hydrogen-bond acceptors (Lipinski definition) is 0. The number of benzene rings is 1. The Hall–Kier alpha value is -0.910. The lowest BCUT2D eigenvalue weighted by Gasteiger charge is -2.31. The topological polar surface area (TPSA) is 0 Å². The van der Waals surface area contributed by atoms with Crippen molar-refractivity contribution in [2.45, 2.75) is 102 Å². The SMILES string of the molecule is CCCCC(CC)CCP(c1ccc(F)cc1F)C(F)(F)C(F)CCCCCCC(F)(F)F. The van der Waals surface area contributed by atoms with Gasteiger partial charge in [0.2, 0.25) is 0 Å². The van der Waals surface area contributed by atoms with Crippen molar-refractivity contribution in [1.29, 1.82) is 0 Å². The maximum absolute atomic E-state index is 15.2. The quantitative estimate of drug-likeness (QED) is 0.119. The van der Waals surface area contributed by atoms with E-state index < -0.39 is 50.4 Å². The minimum Gasteiger partial charge on any atom is -0.240 e. The van der Waals surface area contributed by atoms with Crippen LogP contribution in [0.4, 0.5) is 35.1 Å². The smallest absolute Gasteiger partial charge is 0.240 e. The van der Waals surface area contributed by atoms with Gasteiger partial charge in [0.1, 0.15) is 11.6 Å². The van der Waals surface area contributed by atoms with Crippen LogP contribution in [0, 0.1) is 17.6 Å². The lowest BCUT2D eigenvalue weighted by molar-refractivity contribution is -0.135. The normalized spacial score (nSPS) is 15.5. The van der Waals surface area contributed by atoms with E-state index in [4.69, 9.17) is 0 Å². The molecule has 0 heterocycles. The van der Waals surface area contributed by atoms with Gasteiger partial charge >= 0.3 is 6.18 Å². The third-order valence-corrected chi connectivity index (χ3v) is 8.56. The van der Waals surface area contributed by atoms with Crippen molar-refractivity contribution < 1.29 is 35.1 Å². The number of alkyl halides is 6. The first-order chi connectivity index (χ1) is 15.4. The zero-order chi connectivity index (χ0) is 25.1. The maximum Gasteiger partial charge on any atom is 0.389 e. The van der Waals surface area contributed by atoms with E-state index >= 15 is 8.78 Å². The maximum atomic E-state index is 15.2. The zero-order valence-electron chi connectivity index (χ0n) is 19.3. The molecule has 0 aliphatic heterocycles. The van der Waals surface area contributed by atoms with Gasteiger partial charge in [-0.15, -0.1) is 0 Å². The number of unbranched alkanes of at least 4 members (excludes halogenated alkanes) is 4. The van der Waals surface area contributed by atoms with Gasteiger partial charge in [-0.1, -0.05) is 58.8 Å².